The number of nitrogens with one attached hydrogen (secondary N) is 2. The molecule has 3 amide bonds. The third kappa shape index (κ3) is 2.30. The van der Waals surface area contributed by atoms with Gasteiger partial charge in [-0.3, -0.25) is 24.6 Å². The molecule has 4 rings (SSSR count). The van der Waals surface area contributed by atoms with Crippen molar-refractivity contribution in [1.29, 1.82) is 0 Å². The Morgan fingerprint density at radius 3 is 2.59 bits per heavy atom. The van der Waals surface area contributed by atoms with E-state index >= 15 is 0 Å². The van der Waals surface area contributed by atoms with E-state index in [-0.39, 0.29) is 23.8 Å². The van der Waals surface area contributed by atoms with E-state index in [0.29, 0.717) is 17.7 Å². The lowest BCUT2D eigenvalue weighted by molar-refractivity contribution is -0.145. The van der Waals surface area contributed by atoms with Gasteiger partial charge >= 0.3 is 0 Å². The van der Waals surface area contributed by atoms with Crippen molar-refractivity contribution in [2.75, 3.05) is 5.32 Å². The standard InChI is InChI=1S/C19H22BrN3O4/c1-4-8(2)23-16(25)13-14(17(23)26)19(22-15(13)9(3)24)11-7-10(20)5-6-12(11)21-18(19)27/h5-9,13-15,22,24H,4H2,1-3H3,(H,21,27)/t8-,9-,13-,14-,15-,19+/m0/s1. The molecule has 27 heavy (non-hydrogen) atoms. The second-order valence-corrected chi connectivity index (χ2v) is 8.59. The number of nitrogens with zero attached hydrogens (tertiary/aromatic N) is 1. The van der Waals surface area contributed by atoms with Gasteiger partial charge in [0.1, 0.15) is 5.54 Å². The zero-order chi connectivity index (χ0) is 19.7. The van der Waals surface area contributed by atoms with E-state index in [1.165, 1.54) is 4.90 Å². The molecule has 0 bridgehead atoms. The molecular formula is C19H22BrN3O4. The number of rotatable bonds is 3. The van der Waals surface area contributed by atoms with Crippen molar-refractivity contribution in [3.8, 4) is 0 Å². The predicted molar refractivity (Wildman–Crippen MR) is 102 cm³/mol. The summed E-state index contributed by atoms with van der Waals surface area (Å²) >= 11 is 3.43. The minimum atomic E-state index is -1.36. The zero-order valence-corrected chi connectivity index (χ0v) is 16.9. The first-order chi connectivity index (χ1) is 12.7. The number of hydrogen-bond acceptors (Lipinski definition) is 5. The molecule has 3 aliphatic rings. The Bertz CT molecular complexity index is 857. The van der Waals surface area contributed by atoms with Crippen LogP contribution in [-0.2, 0) is 19.9 Å². The number of imide groups is 1. The van der Waals surface area contributed by atoms with Crippen LogP contribution in [0.3, 0.4) is 0 Å². The summed E-state index contributed by atoms with van der Waals surface area (Å²) in [5, 5.41) is 16.4. The van der Waals surface area contributed by atoms with E-state index < -0.39 is 29.5 Å². The molecule has 1 aromatic rings. The minimum Gasteiger partial charge on any atom is -0.392 e. The molecule has 0 aromatic heterocycles. The van der Waals surface area contributed by atoms with Crippen molar-refractivity contribution in [1.82, 2.24) is 10.2 Å². The van der Waals surface area contributed by atoms with Gasteiger partial charge in [-0.05, 0) is 38.5 Å². The number of anilines is 1. The number of likely N-dealkylation sites (tertiary alicyclic amines) is 1. The summed E-state index contributed by atoms with van der Waals surface area (Å²) in [5.41, 5.74) is -0.115. The van der Waals surface area contributed by atoms with Crippen LogP contribution < -0.4 is 10.6 Å². The molecule has 144 valence electrons. The molecular weight excluding hydrogens is 414 g/mol. The monoisotopic (exact) mass is 435 g/mol. The van der Waals surface area contributed by atoms with E-state index in [9.17, 15) is 19.5 Å². The maximum atomic E-state index is 13.4. The summed E-state index contributed by atoms with van der Waals surface area (Å²) in [5.74, 6) is -2.68. The smallest absolute Gasteiger partial charge is 0.250 e. The van der Waals surface area contributed by atoms with Crippen LogP contribution in [0.1, 0.15) is 32.8 Å². The molecule has 0 radical (unpaired) electrons. The molecule has 1 aromatic carbocycles. The van der Waals surface area contributed by atoms with Gasteiger partial charge in [-0.25, -0.2) is 0 Å². The molecule has 2 saturated heterocycles. The SMILES string of the molecule is CC[C@H](C)N1C(=O)[C@@H]2[C@H]([C@H](C)O)N[C@@]3(C(=O)Nc4ccc(Br)cc43)[C@@H]2C1=O. The van der Waals surface area contributed by atoms with Gasteiger partial charge in [-0.2, -0.15) is 0 Å². The quantitative estimate of drug-likeness (QED) is 0.622. The molecule has 8 heteroatoms. The Hall–Kier alpha value is -1.77. The minimum absolute atomic E-state index is 0.256. The lowest BCUT2D eigenvalue weighted by Gasteiger charge is -2.31. The fourth-order valence-electron chi connectivity index (χ4n) is 4.76. The molecule has 3 heterocycles. The second-order valence-electron chi connectivity index (χ2n) is 7.67. The summed E-state index contributed by atoms with van der Waals surface area (Å²) in [7, 11) is 0. The number of amides is 3. The van der Waals surface area contributed by atoms with Gasteiger partial charge in [-0.1, -0.05) is 22.9 Å². The number of fused-ring (bicyclic) bond motifs is 4. The summed E-state index contributed by atoms with van der Waals surface area (Å²) in [6, 6.07) is 4.44. The zero-order valence-electron chi connectivity index (χ0n) is 15.3. The van der Waals surface area contributed by atoms with E-state index in [4.69, 9.17) is 0 Å². The normalized spacial score (nSPS) is 34.0. The molecule has 1 spiro atoms. The Balaban J connectivity index is 1.92. The maximum absolute atomic E-state index is 13.4. The van der Waals surface area contributed by atoms with Crippen LogP contribution in [-0.4, -0.2) is 45.9 Å². The van der Waals surface area contributed by atoms with Crippen molar-refractivity contribution < 1.29 is 19.5 Å². The Morgan fingerprint density at radius 1 is 1.26 bits per heavy atom. The van der Waals surface area contributed by atoms with Crippen molar-refractivity contribution in [3.63, 3.8) is 0 Å². The van der Waals surface area contributed by atoms with Crippen LogP contribution >= 0.6 is 15.9 Å². The first kappa shape index (κ1) is 18.6. The lowest BCUT2D eigenvalue weighted by Crippen LogP contribution is -2.55. The highest BCUT2D eigenvalue weighted by Crippen LogP contribution is 2.54. The van der Waals surface area contributed by atoms with E-state index in [1.54, 1.807) is 19.1 Å². The number of carbonyl (C=O) groups excluding carboxylic acids is 3. The molecule has 0 aliphatic carbocycles. The highest BCUT2D eigenvalue weighted by molar-refractivity contribution is 9.10. The Kier molecular flexibility index (Phi) is 4.21. The fourth-order valence-corrected chi connectivity index (χ4v) is 5.12. The fraction of sp³-hybridized carbons (Fsp3) is 0.526. The third-order valence-electron chi connectivity index (χ3n) is 6.20. The number of aliphatic hydroxyl groups excluding tert-OH is 1. The molecule has 0 saturated carbocycles. The molecule has 6 atom stereocenters. The topological polar surface area (TPSA) is 98.7 Å². The van der Waals surface area contributed by atoms with Crippen molar-refractivity contribution in [2.45, 2.75) is 50.9 Å². The number of aliphatic hydroxyl groups is 1. The first-order valence-corrected chi connectivity index (χ1v) is 9.97. The van der Waals surface area contributed by atoms with E-state index in [2.05, 4.69) is 26.6 Å². The third-order valence-corrected chi connectivity index (χ3v) is 6.69. The summed E-state index contributed by atoms with van der Waals surface area (Å²) in [6.07, 6.45) is -0.264. The van der Waals surface area contributed by atoms with Crippen molar-refractivity contribution >= 4 is 39.3 Å². The molecule has 3 aliphatic heterocycles. The van der Waals surface area contributed by atoms with Crippen LogP contribution in [0.5, 0.6) is 0 Å². The number of halogens is 1. The molecule has 7 nitrogen and oxygen atoms in total. The van der Waals surface area contributed by atoms with Gasteiger partial charge < -0.3 is 10.4 Å². The van der Waals surface area contributed by atoms with E-state index in [0.717, 1.165) is 4.47 Å². The maximum Gasteiger partial charge on any atom is 0.250 e. The van der Waals surface area contributed by atoms with E-state index in [1.807, 2.05) is 19.9 Å². The van der Waals surface area contributed by atoms with Crippen molar-refractivity contribution in [2.24, 2.45) is 11.8 Å². The number of benzene rings is 1. The summed E-state index contributed by atoms with van der Waals surface area (Å²) in [4.78, 5) is 40.9. The molecule has 2 fully saturated rings. The Morgan fingerprint density at radius 2 is 1.96 bits per heavy atom. The van der Waals surface area contributed by atoms with Gasteiger partial charge in [0.2, 0.25) is 17.7 Å². The lowest BCUT2D eigenvalue weighted by atomic mass is 9.76. The van der Waals surface area contributed by atoms with Gasteiger partial charge in [-0.15, -0.1) is 0 Å². The van der Waals surface area contributed by atoms with Crippen LogP contribution in [0.4, 0.5) is 5.69 Å². The molecule has 3 N–H and O–H groups in total. The van der Waals surface area contributed by atoms with Gasteiger partial charge in [0, 0.05) is 27.8 Å². The van der Waals surface area contributed by atoms with Gasteiger partial charge in [0.25, 0.3) is 0 Å². The van der Waals surface area contributed by atoms with Crippen LogP contribution in [0.25, 0.3) is 0 Å². The summed E-state index contributed by atoms with van der Waals surface area (Å²) in [6.45, 7) is 5.31. The van der Waals surface area contributed by atoms with Crippen LogP contribution in [0.15, 0.2) is 22.7 Å². The number of hydrogen-bond donors (Lipinski definition) is 3. The molecule has 0 unspecified atom stereocenters. The number of carbonyl (C=O) groups is 3. The summed E-state index contributed by atoms with van der Waals surface area (Å²) < 4.78 is 0.770. The van der Waals surface area contributed by atoms with Gasteiger partial charge in [0.05, 0.1) is 17.9 Å². The van der Waals surface area contributed by atoms with Crippen molar-refractivity contribution in [3.05, 3.63) is 28.2 Å². The van der Waals surface area contributed by atoms with Crippen LogP contribution in [0, 0.1) is 11.8 Å². The predicted octanol–water partition coefficient (Wildman–Crippen LogP) is 1.35. The first-order valence-electron chi connectivity index (χ1n) is 9.18. The van der Waals surface area contributed by atoms with Crippen LogP contribution in [0.2, 0.25) is 0 Å². The largest absolute Gasteiger partial charge is 0.392 e. The average Bonchev–Trinajstić information content (AvgIpc) is 3.20. The second kappa shape index (κ2) is 6.12. The highest BCUT2D eigenvalue weighted by atomic mass is 79.9. The Labute approximate surface area is 165 Å². The van der Waals surface area contributed by atoms with Gasteiger partial charge in [0.15, 0.2) is 0 Å². The highest BCUT2D eigenvalue weighted by Gasteiger charge is 2.71. The average molecular weight is 436 g/mol.